The fourth-order valence-electron chi connectivity index (χ4n) is 16.2. The highest BCUT2D eigenvalue weighted by molar-refractivity contribution is 6.97. The summed E-state index contributed by atoms with van der Waals surface area (Å²) >= 11 is 0. The molecule has 0 fully saturated rings. The molecule has 3 aromatic heterocycles. The summed E-state index contributed by atoms with van der Waals surface area (Å²) in [7, 11) is 0. The quantitative estimate of drug-likeness (QED) is 0.125. The number of rotatable bonds is 10. The standard InChI is InChI=1S/C88H68BN3O/c1-53(2)61-49-73(54(3)4)88(74(50-61)55(5)6)89-77-51-60(87-71-25-8-7-19-65(71)75-47-58(35-43-72(75)87)56-31-38-62(39-32-56)90-79-26-14-9-20-66(79)67-21-10-15-27-80(67)90)37-45-85(77)93-86-46-42-64(52-78(86)89)92-83-30-18-13-24-70(83)76-48-59(36-44-84(76)92)57-33-40-63(41-34-57)91-81-28-16-11-22-68(81)69-23-12-17-29-82(69)91/h7-55,87H,1-6H3. The van der Waals surface area contributed by atoms with Gasteiger partial charge in [0, 0.05) is 55.3 Å². The van der Waals surface area contributed by atoms with Gasteiger partial charge in [0.2, 0.25) is 0 Å². The Labute approximate surface area is 543 Å². The predicted molar refractivity (Wildman–Crippen MR) is 393 cm³/mol. The smallest absolute Gasteiger partial charge is 0.251 e. The summed E-state index contributed by atoms with van der Waals surface area (Å²) in [5.74, 6) is 2.79. The summed E-state index contributed by atoms with van der Waals surface area (Å²) in [5, 5.41) is 7.52. The molecule has 0 bridgehead atoms. The van der Waals surface area contributed by atoms with Crippen LogP contribution in [-0.4, -0.2) is 20.4 Å². The number of fused-ring (bicyclic) bond motifs is 14. The average Bonchev–Trinajstić information content (AvgIpc) is 1.76. The van der Waals surface area contributed by atoms with Crippen LogP contribution in [0.4, 0.5) is 0 Å². The maximum atomic E-state index is 7.26. The molecule has 1 atom stereocenters. The van der Waals surface area contributed by atoms with Crippen molar-refractivity contribution < 1.29 is 4.74 Å². The highest BCUT2D eigenvalue weighted by Crippen LogP contribution is 2.50. The van der Waals surface area contributed by atoms with Gasteiger partial charge in [-0.25, -0.2) is 0 Å². The fraction of sp³-hybridized carbons (Fsp3) is 0.114. The number of benzene rings is 13. The van der Waals surface area contributed by atoms with E-state index in [9.17, 15) is 0 Å². The first-order chi connectivity index (χ1) is 45.6. The molecule has 1 aliphatic carbocycles. The number of nitrogens with zero attached hydrogens (tertiary/aromatic N) is 3. The highest BCUT2D eigenvalue weighted by atomic mass is 16.5. The molecule has 2 aliphatic rings. The molecule has 13 aromatic carbocycles. The zero-order valence-electron chi connectivity index (χ0n) is 53.2. The second-order valence-electron chi connectivity index (χ2n) is 26.9. The Balaban J connectivity index is 0.753. The Kier molecular flexibility index (Phi) is 12.6. The summed E-state index contributed by atoms with van der Waals surface area (Å²) < 4.78 is 14.5. The van der Waals surface area contributed by atoms with E-state index in [0.717, 1.165) is 28.6 Å². The molecule has 93 heavy (non-hydrogen) atoms. The summed E-state index contributed by atoms with van der Waals surface area (Å²) in [5.41, 5.74) is 29.9. The van der Waals surface area contributed by atoms with Gasteiger partial charge in [0.1, 0.15) is 11.5 Å². The van der Waals surface area contributed by atoms with Gasteiger partial charge in [-0.1, -0.05) is 229 Å². The maximum absolute atomic E-state index is 7.26. The Hall–Kier alpha value is -10.9. The van der Waals surface area contributed by atoms with E-state index in [-0.39, 0.29) is 24.5 Å². The third kappa shape index (κ3) is 8.59. The van der Waals surface area contributed by atoms with Gasteiger partial charge in [0.15, 0.2) is 0 Å². The van der Waals surface area contributed by atoms with Crippen LogP contribution in [0.2, 0.25) is 0 Å². The van der Waals surface area contributed by atoms with E-state index in [0.29, 0.717) is 5.92 Å². The third-order valence-electron chi connectivity index (χ3n) is 20.6. The highest BCUT2D eigenvalue weighted by Gasteiger charge is 2.39. The summed E-state index contributed by atoms with van der Waals surface area (Å²) in [6, 6.07) is 105. The monoisotopic (exact) mass is 1190 g/mol. The number of aromatic nitrogens is 3. The zero-order valence-corrected chi connectivity index (χ0v) is 53.2. The van der Waals surface area contributed by atoms with Gasteiger partial charge < -0.3 is 18.4 Å². The van der Waals surface area contributed by atoms with Crippen molar-refractivity contribution in [1.29, 1.82) is 0 Å². The number of hydrogen-bond acceptors (Lipinski definition) is 1. The zero-order chi connectivity index (χ0) is 62.3. The van der Waals surface area contributed by atoms with Crippen molar-refractivity contribution in [2.45, 2.75) is 65.2 Å². The van der Waals surface area contributed by atoms with Gasteiger partial charge in [-0.3, -0.25) is 0 Å². The first kappa shape index (κ1) is 55.0. The number of ether oxygens (including phenoxy) is 1. The van der Waals surface area contributed by atoms with Crippen LogP contribution in [-0.2, 0) is 0 Å². The number of para-hydroxylation sites is 5. The van der Waals surface area contributed by atoms with Crippen LogP contribution in [0.5, 0.6) is 11.5 Å². The number of hydrogen-bond donors (Lipinski definition) is 0. The first-order valence-corrected chi connectivity index (χ1v) is 33.2. The molecule has 0 saturated carbocycles. The lowest BCUT2D eigenvalue weighted by molar-refractivity contribution is 0.487. The Bertz CT molecular complexity index is 5580. The van der Waals surface area contributed by atoms with E-state index < -0.39 is 0 Å². The molecule has 18 rings (SSSR count). The molecular formula is C88H68BN3O. The van der Waals surface area contributed by atoms with Crippen molar-refractivity contribution in [2.75, 3.05) is 0 Å². The lowest BCUT2D eigenvalue weighted by Gasteiger charge is -2.33. The fourth-order valence-corrected chi connectivity index (χ4v) is 16.2. The molecular weight excluding hydrogens is 1130 g/mol. The normalized spacial score (nSPS) is 13.5. The maximum Gasteiger partial charge on any atom is 0.251 e. The van der Waals surface area contributed by atoms with Gasteiger partial charge in [0.05, 0.1) is 33.1 Å². The van der Waals surface area contributed by atoms with E-state index >= 15 is 0 Å². The van der Waals surface area contributed by atoms with E-state index in [2.05, 4.69) is 334 Å². The van der Waals surface area contributed by atoms with Gasteiger partial charge in [-0.05, 0) is 193 Å². The SMILES string of the molecule is CC(C)c1cc(C(C)C)c(B2c3cc(C4c5ccccc5-c5cc(-c6ccc(-n7c8ccccc8c8ccccc87)cc6)ccc54)ccc3Oc3ccc(-n4c5ccccc5c5cc(-c6ccc(-n7c8ccccc8c8ccccc87)cc6)ccc54)cc32)c(C(C)C)c1. The third-order valence-corrected chi connectivity index (χ3v) is 20.6. The molecule has 444 valence electrons. The Morgan fingerprint density at radius 2 is 0.720 bits per heavy atom. The van der Waals surface area contributed by atoms with Crippen LogP contribution >= 0.6 is 0 Å². The second kappa shape index (κ2) is 21.4. The van der Waals surface area contributed by atoms with Crippen LogP contribution in [0, 0.1) is 0 Å². The molecule has 4 nitrogen and oxygen atoms in total. The predicted octanol–water partition coefficient (Wildman–Crippen LogP) is 21.5. The van der Waals surface area contributed by atoms with Crippen molar-refractivity contribution in [3.8, 4) is 61.9 Å². The second-order valence-corrected chi connectivity index (χ2v) is 26.9. The minimum atomic E-state index is -0.117. The van der Waals surface area contributed by atoms with Gasteiger partial charge in [-0.15, -0.1) is 0 Å². The molecule has 4 heterocycles. The molecule has 16 aromatic rings. The van der Waals surface area contributed by atoms with Gasteiger partial charge in [-0.2, -0.15) is 0 Å². The van der Waals surface area contributed by atoms with E-state index in [1.54, 1.807) is 0 Å². The summed E-state index contributed by atoms with van der Waals surface area (Å²) in [6.45, 7) is 14.1. The molecule has 1 unspecified atom stereocenters. The summed E-state index contributed by atoms with van der Waals surface area (Å²) in [6.07, 6.45) is 0. The molecule has 0 N–H and O–H groups in total. The lowest BCUT2D eigenvalue weighted by Crippen LogP contribution is -2.57. The summed E-state index contributed by atoms with van der Waals surface area (Å²) in [4.78, 5) is 0. The van der Waals surface area contributed by atoms with Crippen LogP contribution in [0.1, 0.15) is 98.6 Å². The van der Waals surface area contributed by atoms with Gasteiger partial charge >= 0.3 is 0 Å². The van der Waals surface area contributed by atoms with E-state index in [4.69, 9.17) is 4.74 Å². The van der Waals surface area contributed by atoms with Gasteiger partial charge in [0.25, 0.3) is 6.71 Å². The van der Waals surface area contributed by atoms with Crippen molar-refractivity contribution in [2.24, 2.45) is 0 Å². The topological polar surface area (TPSA) is 24.0 Å². The van der Waals surface area contributed by atoms with Crippen LogP contribution < -0.4 is 21.1 Å². The largest absolute Gasteiger partial charge is 0.458 e. The Morgan fingerprint density at radius 1 is 0.312 bits per heavy atom. The van der Waals surface area contributed by atoms with E-state index in [1.165, 1.54) is 149 Å². The van der Waals surface area contributed by atoms with Crippen LogP contribution in [0.25, 0.3) is 116 Å². The van der Waals surface area contributed by atoms with E-state index in [1.807, 2.05) is 0 Å². The molecule has 0 saturated heterocycles. The van der Waals surface area contributed by atoms with Crippen molar-refractivity contribution in [3.05, 3.63) is 312 Å². The molecule has 0 radical (unpaired) electrons. The van der Waals surface area contributed by atoms with Crippen molar-refractivity contribution >= 4 is 88.5 Å². The molecule has 0 amide bonds. The lowest BCUT2D eigenvalue weighted by atomic mass is 9.33. The molecule has 1 aliphatic heterocycles. The molecule has 5 heteroatoms. The minimum absolute atomic E-state index is 0.0274. The van der Waals surface area contributed by atoms with Crippen molar-refractivity contribution in [1.82, 2.24) is 13.7 Å². The Morgan fingerprint density at radius 3 is 1.25 bits per heavy atom. The first-order valence-electron chi connectivity index (χ1n) is 33.2. The van der Waals surface area contributed by atoms with Crippen LogP contribution in [0.15, 0.2) is 279 Å². The van der Waals surface area contributed by atoms with Crippen LogP contribution in [0.3, 0.4) is 0 Å². The average molecular weight is 1190 g/mol. The van der Waals surface area contributed by atoms with Crippen molar-refractivity contribution in [3.63, 3.8) is 0 Å². The minimum Gasteiger partial charge on any atom is -0.458 e. The molecule has 0 spiro atoms.